The molecule has 0 aliphatic carbocycles. The Labute approximate surface area is 127 Å². The van der Waals surface area contributed by atoms with Crippen LogP contribution >= 0.6 is 28.3 Å². The van der Waals surface area contributed by atoms with Gasteiger partial charge < -0.3 is 16.0 Å². The van der Waals surface area contributed by atoms with Gasteiger partial charge in [0, 0.05) is 18.1 Å². The monoisotopic (exact) mass is 349 g/mol. The van der Waals surface area contributed by atoms with Crippen LogP contribution in [0.4, 0.5) is 0 Å². The Balaban J connectivity index is 0.00000324. The first kappa shape index (κ1) is 17.9. The summed E-state index contributed by atoms with van der Waals surface area (Å²) in [5.74, 6) is -0.495. The van der Waals surface area contributed by atoms with Crippen molar-refractivity contribution in [1.82, 2.24) is 10.2 Å². The van der Waals surface area contributed by atoms with Crippen molar-refractivity contribution in [2.24, 2.45) is 5.73 Å². The molecule has 0 unspecified atom stereocenters. The summed E-state index contributed by atoms with van der Waals surface area (Å²) < 4.78 is 0.954. The molecule has 0 aliphatic heterocycles. The zero-order valence-corrected chi connectivity index (χ0v) is 13.0. The fourth-order valence-corrected chi connectivity index (χ4v) is 1.76. The van der Waals surface area contributed by atoms with Gasteiger partial charge in [-0.2, -0.15) is 0 Å². The van der Waals surface area contributed by atoms with Crippen molar-refractivity contribution in [3.05, 3.63) is 34.3 Å². The number of likely N-dealkylation sites (N-methyl/N-ethyl adjacent to an activating group) is 1. The molecule has 19 heavy (non-hydrogen) atoms. The quantitative estimate of drug-likeness (QED) is 0.828. The third-order valence-electron chi connectivity index (χ3n) is 2.41. The molecular formula is C12H17BrClN3O2. The number of benzene rings is 1. The summed E-state index contributed by atoms with van der Waals surface area (Å²) in [6.45, 7) is 0.344. The average molecular weight is 351 g/mol. The topological polar surface area (TPSA) is 75.4 Å². The summed E-state index contributed by atoms with van der Waals surface area (Å²) in [5.41, 5.74) is 6.15. The molecule has 0 heterocycles. The van der Waals surface area contributed by atoms with Crippen molar-refractivity contribution in [1.29, 1.82) is 0 Å². The largest absolute Gasteiger partial charge is 0.346 e. The lowest BCUT2D eigenvalue weighted by molar-refractivity contribution is -0.131. The molecule has 0 spiro atoms. The van der Waals surface area contributed by atoms with Gasteiger partial charge in [-0.1, -0.05) is 34.1 Å². The summed E-state index contributed by atoms with van der Waals surface area (Å²) in [4.78, 5) is 24.2. The molecule has 0 bridgehead atoms. The smallest absolute Gasteiger partial charge is 0.242 e. The number of amides is 2. The standard InChI is InChI=1S/C12H16BrN3O2.ClH/c1-16(12(18)7-15-11(17)6-14)8-9-4-2-3-5-10(9)13;/h2-5H,6-8,14H2,1H3,(H,15,17);1H. The molecule has 0 atom stereocenters. The maximum atomic E-state index is 11.7. The minimum absolute atomic E-state index is 0. The number of nitrogens with one attached hydrogen (secondary N) is 1. The molecule has 0 fully saturated rings. The summed E-state index contributed by atoms with van der Waals surface area (Å²) in [7, 11) is 1.69. The van der Waals surface area contributed by atoms with E-state index >= 15 is 0 Å². The highest BCUT2D eigenvalue weighted by molar-refractivity contribution is 9.10. The predicted octanol–water partition coefficient (Wildman–Crippen LogP) is 0.904. The lowest BCUT2D eigenvalue weighted by Crippen LogP contribution is -2.40. The molecule has 1 rings (SSSR count). The number of halogens is 2. The van der Waals surface area contributed by atoms with Gasteiger partial charge in [-0.25, -0.2) is 0 Å². The van der Waals surface area contributed by atoms with Crippen LogP contribution < -0.4 is 11.1 Å². The summed E-state index contributed by atoms with van der Waals surface area (Å²) in [5, 5.41) is 2.45. The molecule has 5 nitrogen and oxygen atoms in total. The molecule has 0 saturated heterocycles. The number of rotatable bonds is 5. The van der Waals surface area contributed by atoms with Crippen LogP contribution in [-0.4, -0.2) is 36.9 Å². The van der Waals surface area contributed by atoms with Crippen LogP contribution in [0.2, 0.25) is 0 Å². The van der Waals surface area contributed by atoms with Crippen molar-refractivity contribution in [2.45, 2.75) is 6.54 Å². The van der Waals surface area contributed by atoms with E-state index in [1.165, 1.54) is 0 Å². The first-order chi connectivity index (χ1) is 8.54. The summed E-state index contributed by atoms with van der Waals surface area (Å²) >= 11 is 3.42. The van der Waals surface area contributed by atoms with Gasteiger partial charge in [0.25, 0.3) is 0 Å². The van der Waals surface area contributed by atoms with Gasteiger partial charge in [0.1, 0.15) is 0 Å². The first-order valence-electron chi connectivity index (χ1n) is 5.48. The van der Waals surface area contributed by atoms with E-state index in [9.17, 15) is 9.59 Å². The normalized spacial score (nSPS) is 9.42. The Kier molecular flexibility index (Phi) is 8.38. The van der Waals surface area contributed by atoms with Crippen LogP contribution in [0.15, 0.2) is 28.7 Å². The Hall–Kier alpha value is -1.11. The summed E-state index contributed by atoms with van der Waals surface area (Å²) in [6.07, 6.45) is 0. The molecular weight excluding hydrogens is 334 g/mol. The number of nitrogens with zero attached hydrogens (tertiary/aromatic N) is 1. The highest BCUT2D eigenvalue weighted by Crippen LogP contribution is 2.17. The SMILES string of the molecule is CN(Cc1ccccc1Br)C(=O)CNC(=O)CN.Cl. The molecule has 2 amide bonds. The number of hydrogen-bond acceptors (Lipinski definition) is 3. The van der Waals surface area contributed by atoms with Gasteiger partial charge in [0.2, 0.25) is 11.8 Å². The molecule has 0 aromatic heterocycles. The lowest BCUT2D eigenvalue weighted by Gasteiger charge is -2.18. The van der Waals surface area contributed by atoms with Crippen LogP contribution in [-0.2, 0) is 16.1 Å². The van der Waals surface area contributed by atoms with E-state index in [0.29, 0.717) is 6.54 Å². The van der Waals surface area contributed by atoms with E-state index in [4.69, 9.17) is 5.73 Å². The van der Waals surface area contributed by atoms with Crippen molar-refractivity contribution in [3.8, 4) is 0 Å². The number of hydrogen-bond donors (Lipinski definition) is 2. The Morgan fingerprint density at radius 3 is 2.58 bits per heavy atom. The van der Waals surface area contributed by atoms with Gasteiger partial charge in [0.05, 0.1) is 13.1 Å². The van der Waals surface area contributed by atoms with Crippen molar-refractivity contribution >= 4 is 40.2 Å². The average Bonchev–Trinajstić information content (AvgIpc) is 2.38. The van der Waals surface area contributed by atoms with E-state index in [-0.39, 0.29) is 37.3 Å². The zero-order valence-electron chi connectivity index (χ0n) is 10.6. The fourth-order valence-electron chi connectivity index (χ4n) is 1.35. The van der Waals surface area contributed by atoms with Crippen LogP contribution in [0, 0.1) is 0 Å². The number of carbonyl (C=O) groups excluding carboxylic acids is 2. The maximum Gasteiger partial charge on any atom is 0.242 e. The number of carbonyl (C=O) groups is 2. The highest BCUT2D eigenvalue weighted by Gasteiger charge is 2.11. The molecule has 0 radical (unpaired) electrons. The second kappa shape index (κ2) is 8.90. The molecule has 7 heteroatoms. The molecule has 3 N–H and O–H groups in total. The second-order valence-corrected chi connectivity index (χ2v) is 4.68. The Morgan fingerprint density at radius 1 is 1.37 bits per heavy atom. The number of nitrogens with two attached hydrogens (primary N) is 1. The Morgan fingerprint density at radius 2 is 2.00 bits per heavy atom. The van der Waals surface area contributed by atoms with Crippen molar-refractivity contribution in [3.63, 3.8) is 0 Å². The molecule has 1 aromatic carbocycles. The zero-order chi connectivity index (χ0) is 13.5. The van der Waals surface area contributed by atoms with Gasteiger partial charge >= 0.3 is 0 Å². The van der Waals surface area contributed by atoms with Crippen LogP contribution in [0.1, 0.15) is 5.56 Å². The molecule has 106 valence electrons. The lowest BCUT2D eigenvalue weighted by atomic mass is 10.2. The van der Waals surface area contributed by atoms with E-state index in [1.807, 2.05) is 24.3 Å². The van der Waals surface area contributed by atoms with Crippen LogP contribution in [0.25, 0.3) is 0 Å². The highest BCUT2D eigenvalue weighted by atomic mass is 79.9. The predicted molar refractivity (Wildman–Crippen MR) is 79.9 cm³/mol. The molecule has 0 aliphatic rings. The summed E-state index contributed by atoms with van der Waals surface area (Å²) in [6, 6.07) is 7.68. The van der Waals surface area contributed by atoms with E-state index in [1.54, 1.807) is 11.9 Å². The molecule has 1 aromatic rings. The molecule has 0 saturated carbocycles. The van der Waals surface area contributed by atoms with Crippen LogP contribution in [0.5, 0.6) is 0 Å². The Bertz CT molecular complexity index is 443. The van der Waals surface area contributed by atoms with Crippen molar-refractivity contribution in [2.75, 3.05) is 20.1 Å². The van der Waals surface area contributed by atoms with Gasteiger partial charge in [0.15, 0.2) is 0 Å². The van der Waals surface area contributed by atoms with E-state index in [0.717, 1.165) is 10.0 Å². The first-order valence-corrected chi connectivity index (χ1v) is 6.28. The van der Waals surface area contributed by atoms with E-state index < -0.39 is 0 Å². The van der Waals surface area contributed by atoms with E-state index in [2.05, 4.69) is 21.2 Å². The second-order valence-electron chi connectivity index (χ2n) is 3.82. The third kappa shape index (κ3) is 6.04. The van der Waals surface area contributed by atoms with Crippen LogP contribution in [0.3, 0.4) is 0 Å². The van der Waals surface area contributed by atoms with Gasteiger partial charge in [-0.15, -0.1) is 12.4 Å². The minimum atomic E-state index is -0.336. The van der Waals surface area contributed by atoms with Gasteiger partial charge in [-0.05, 0) is 11.6 Å². The van der Waals surface area contributed by atoms with Crippen molar-refractivity contribution < 1.29 is 9.59 Å². The fraction of sp³-hybridized carbons (Fsp3) is 0.333. The van der Waals surface area contributed by atoms with Gasteiger partial charge in [-0.3, -0.25) is 9.59 Å². The maximum absolute atomic E-state index is 11.7. The third-order valence-corrected chi connectivity index (χ3v) is 3.19. The minimum Gasteiger partial charge on any atom is -0.346 e.